The molecule has 142 valence electrons. The van der Waals surface area contributed by atoms with Gasteiger partial charge in [0.1, 0.15) is 5.75 Å². The fourth-order valence-electron chi connectivity index (χ4n) is 2.40. The maximum absolute atomic E-state index is 12.5. The lowest BCUT2D eigenvalue weighted by atomic mass is 10.1. The van der Waals surface area contributed by atoms with Gasteiger partial charge in [-0.25, -0.2) is 0 Å². The molecule has 0 aliphatic rings. The molecule has 1 amide bonds. The molecule has 0 saturated carbocycles. The quantitative estimate of drug-likeness (QED) is 0.485. The van der Waals surface area contributed by atoms with Crippen molar-refractivity contribution in [1.29, 1.82) is 0 Å². The van der Waals surface area contributed by atoms with E-state index in [9.17, 15) is 4.79 Å². The second-order valence-corrected chi connectivity index (χ2v) is 6.55. The number of methoxy groups -OCH3 is 1. The Balaban J connectivity index is 1.62. The van der Waals surface area contributed by atoms with Crippen LogP contribution in [-0.2, 0) is 6.54 Å². The molecule has 1 aromatic carbocycles. The molecule has 0 spiro atoms. The molecule has 9 heteroatoms. The summed E-state index contributed by atoms with van der Waals surface area (Å²) in [6.07, 6.45) is 0. The summed E-state index contributed by atoms with van der Waals surface area (Å²) in [4.78, 5) is 13.4. The first-order chi connectivity index (χ1) is 13.2. The monoisotopic (exact) mass is 387 g/mol. The van der Waals surface area contributed by atoms with Gasteiger partial charge in [0.2, 0.25) is 5.89 Å². The summed E-state index contributed by atoms with van der Waals surface area (Å²) in [7, 11) is 3.43. The lowest BCUT2D eigenvalue weighted by Gasteiger charge is -2.12. The van der Waals surface area contributed by atoms with Crippen molar-refractivity contribution in [2.24, 2.45) is 0 Å². The van der Waals surface area contributed by atoms with Crippen LogP contribution in [0.25, 0.3) is 10.8 Å². The normalized spacial score (nSPS) is 10.6. The van der Waals surface area contributed by atoms with E-state index in [-0.39, 0.29) is 12.5 Å². The number of aromatic nitrogens is 2. The van der Waals surface area contributed by atoms with Gasteiger partial charge in [-0.1, -0.05) is 6.07 Å². The minimum Gasteiger partial charge on any atom is -0.496 e. The van der Waals surface area contributed by atoms with Crippen LogP contribution < -0.4 is 20.7 Å². The van der Waals surface area contributed by atoms with Crippen LogP contribution in [0, 0.1) is 0 Å². The number of carbonyl (C=O) groups is 1. The maximum Gasteiger partial charge on any atom is 0.257 e. The highest BCUT2D eigenvalue weighted by Crippen LogP contribution is 2.24. The Labute approximate surface area is 161 Å². The third kappa shape index (κ3) is 4.83. The number of rotatable bonds is 9. The van der Waals surface area contributed by atoms with Crippen LogP contribution in [0.1, 0.15) is 16.2 Å². The van der Waals surface area contributed by atoms with Gasteiger partial charge in [0.05, 0.1) is 24.1 Å². The van der Waals surface area contributed by atoms with Gasteiger partial charge in [-0.05, 0) is 30.6 Å². The summed E-state index contributed by atoms with van der Waals surface area (Å²) in [5, 5.41) is 19.0. The molecule has 3 rings (SSSR count). The van der Waals surface area contributed by atoms with Gasteiger partial charge in [0, 0.05) is 24.8 Å². The van der Waals surface area contributed by atoms with Gasteiger partial charge < -0.3 is 25.1 Å². The average Bonchev–Trinajstić information content (AvgIpc) is 3.37. The van der Waals surface area contributed by atoms with Crippen LogP contribution in [0.15, 0.2) is 40.1 Å². The maximum atomic E-state index is 12.5. The molecular weight excluding hydrogens is 366 g/mol. The molecule has 0 fully saturated rings. The molecular formula is C18H21N5O3S. The Bertz CT molecular complexity index is 879. The average molecular weight is 387 g/mol. The Hall–Kier alpha value is -2.91. The summed E-state index contributed by atoms with van der Waals surface area (Å²) < 4.78 is 10.9. The number of carbonyl (C=O) groups excluding carboxylic acids is 1. The lowest BCUT2D eigenvalue weighted by Crippen LogP contribution is -2.23. The van der Waals surface area contributed by atoms with Crippen molar-refractivity contribution in [1.82, 2.24) is 20.8 Å². The van der Waals surface area contributed by atoms with Crippen molar-refractivity contribution in [3.63, 3.8) is 0 Å². The molecule has 2 aromatic heterocycles. The third-order valence-corrected chi connectivity index (χ3v) is 4.61. The van der Waals surface area contributed by atoms with E-state index in [1.165, 1.54) is 18.4 Å². The SMILES string of the molecule is CNCCNc1ccc(C(=O)NCc2nnc(-c3cccs3)o2)c(OC)c1. The van der Waals surface area contributed by atoms with Crippen LogP contribution in [0.5, 0.6) is 5.75 Å². The fourth-order valence-corrected chi connectivity index (χ4v) is 3.04. The summed E-state index contributed by atoms with van der Waals surface area (Å²) in [5.41, 5.74) is 1.32. The van der Waals surface area contributed by atoms with E-state index >= 15 is 0 Å². The van der Waals surface area contributed by atoms with Crippen LogP contribution in [0.3, 0.4) is 0 Å². The van der Waals surface area contributed by atoms with Gasteiger partial charge in [-0.3, -0.25) is 4.79 Å². The first-order valence-electron chi connectivity index (χ1n) is 8.42. The van der Waals surface area contributed by atoms with E-state index in [0.29, 0.717) is 23.1 Å². The number of hydrogen-bond acceptors (Lipinski definition) is 8. The summed E-state index contributed by atoms with van der Waals surface area (Å²) >= 11 is 1.51. The van der Waals surface area contributed by atoms with E-state index in [1.807, 2.05) is 30.6 Å². The molecule has 0 unspecified atom stereocenters. The summed E-state index contributed by atoms with van der Waals surface area (Å²) in [6.45, 7) is 1.75. The Morgan fingerprint density at radius 1 is 1.26 bits per heavy atom. The molecule has 0 radical (unpaired) electrons. The molecule has 0 aliphatic heterocycles. The molecule has 8 nitrogen and oxygen atoms in total. The molecule has 0 saturated heterocycles. The molecule has 2 heterocycles. The zero-order chi connectivity index (χ0) is 19.1. The highest BCUT2D eigenvalue weighted by Gasteiger charge is 2.15. The number of nitrogens with one attached hydrogen (secondary N) is 3. The smallest absolute Gasteiger partial charge is 0.257 e. The van der Waals surface area contributed by atoms with E-state index in [4.69, 9.17) is 9.15 Å². The van der Waals surface area contributed by atoms with E-state index in [0.717, 1.165) is 23.7 Å². The zero-order valence-electron chi connectivity index (χ0n) is 15.1. The zero-order valence-corrected chi connectivity index (χ0v) is 15.9. The molecule has 0 bridgehead atoms. The van der Waals surface area contributed by atoms with Crippen molar-refractivity contribution in [3.8, 4) is 16.5 Å². The number of hydrogen-bond donors (Lipinski definition) is 3. The fraction of sp³-hybridized carbons (Fsp3) is 0.278. The number of ether oxygens (including phenoxy) is 1. The van der Waals surface area contributed by atoms with Crippen LogP contribution in [0.4, 0.5) is 5.69 Å². The topological polar surface area (TPSA) is 101 Å². The highest BCUT2D eigenvalue weighted by molar-refractivity contribution is 7.13. The lowest BCUT2D eigenvalue weighted by molar-refractivity contribution is 0.0944. The standard InChI is InChI=1S/C18H21N5O3S/c1-19-7-8-20-12-5-6-13(14(10-12)25-2)17(24)21-11-16-22-23-18(26-16)15-4-3-9-27-15/h3-6,9-10,19-20H,7-8,11H2,1-2H3,(H,21,24). The van der Waals surface area contributed by atoms with Gasteiger partial charge in [0.15, 0.2) is 0 Å². The molecule has 3 aromatic rings. The van der Waals surface area contributed by atoms with E-state index < -0.39 is 0 Å². The van der Waals surface area contributed by atoms with Crippen molar-refractivity contribution in [3.05, 3.63) is 47.2 Å². The van der Waals surface area contributed by atoms with Gasteiger partial charge in [0.25, 0.3) is 11.8 Å². The van der Waals surface area contributed by atoms with E-state index in [1.54, 1.807) is 12.1 Å². The van der Waals surface area contributed by atoms with Crippen LogP contribution >= 0.6 is 11.3 Å². The first kappa shape index (κ1) is 18.9. The largest absolute Gasteiger partial charge is 0.496 e. The van der Waals surface area contributed by atoms with Gasteiger partial charge >= 0.3 is 0 Å². The highest BCUT2D eigenvalue weighted by atomic mass is 32.1. The van der Waals surface area contributed by atoms with Crippen molar-refractivity contribution >= 4 is 22.9 Å². The number of thiophene rings is 1. The third-order valence-electron chi connectivity index (χ3n) is 3.75. The van der Waals surface area contributed by atoms with Crippen molar-refractivity contribution in [2.45, 2.75) is 6.54 Å². The number of likely N-dealkylation sites (N-methyl/N-ethyl adjacent to an activating group) is 1. The van der Waals surface area contributed by atoms with Crippen LogP contribution in [0.2, 0.25) is 0 Å². The van der Waals surface area contributed by atoms with Crippen LogP contribution in [-0.4, -0.2) is 43.4 Å². The van der Waals surface area contributed by atoms with E-state index in [2.05, 4.69) is 26.1 Å². The minimum absolute atomic E-state index is 0.141. The van der Waals surface area contributed by atoms with Crippen molar-refractivity contribution < 1.29 is 13.9 Å². The predicted molar refractivity (Wildman–Crippen MR) is 104 cm³/mol. The Morgan fingerprint density at radius 2 is 2.15 bits per heavy atom. The molecule has 3 N–H and O–H groups in total. The number of amides is 1. The molecule has 0 atom stereocenters. The van der Waals surface area contributed by atoms with Gasteiger partial charge in [-0.2, -0.15) is 0 Å². The molecule has 27 heavy (non-hydrogen) atoms. The summed E-state index contributed by atoms with van der Waals surface area (Å²) in [5.74, 6) is 1.01. The molecule has 0 aliphatic carbocycles. The second-order valence-electron chi connectivity index (χ2n) is 5.61. The van der Waals surface area contributed by atoms with Crippen molar-refractivity contribution in [2.75, 3.05) is 32.6 Å². The number of benzene rings is 1. The number of anilines is 1. The minimum atomic E-state index is -0.274. The number of nitrogens with zero attached hydrogens (tertiary/aromatic N) is 2. The predicted octanol–water partition coefficient (Wildman–Crippen LogP) is 2.37. The summed E-state index contributed by atoms with van der Waals surface area (Å²) in [6, 6.07) is 9.18. The van der Waals surface area contributed by atoms with Gasteiger partial charge in [-0.15, -0.1) is 21.5 Å². The Kier molecular flexibility index (Phi) is 6.39. The Morgan fingerprint density at radius 3 is 2.89 bits per heavy atom. The first-order valence-corrected chi connectivity index (χ1v) is 9.30. The second kappa shape index (κ2) is 9.15.